The Morgan fingerprint density at radius 3 is 2.65 bits per heavy atom. The van der Waals surface area contributed by atoms with Crippen molar-refractivity contribution < 1.29 is 14.6 Å². The number of hydrogen-bond donors (Lipinski definition) is 1. The van der Waals surface area contributed by atoms with E-state index in [2.05, 4.69) is 38.7 Å². The lowest BCUT2D eigenvalue weighted by Gasteiger charge is -2.56. The maximum absolute atomic E-state index is 10.3. The number of ether oxygens (including phenoxy) is 2. The summed E-state index contributed by atoms with van der Waals surface area (Å²) < 4.78 is 11.6. The number of allylic oxidation sites excluding steroid dienone is 1. The molecule has 1 N–H and O–H groups in total. The minimum absolute atomic E-state index is 0.244. The summed E-state index contributed by atoms with van der Waals surface area (Å²) in [5.74, 6) is 1.56. The molecule has 3 aliphatic carbocycles. The van der Waals surface area contributed by atoms with Gasteiger partial charge >= 0.3 is 0 Å². The van der Waals surface area contributed by atoms with E-state index in [-0.39, 0.29) is 12.2 Å². The molecule has 2 fully saturated rings. The van der Waals surface area contributed by atoms with Gasteiger partial charge in [0.1, 0.15) is 0 Å². The van der Waals surface area contributed by atoms with Gasteiger partial charge in [0, 0.05) is 19.6 Å². The molecule has 0 aromatic rings. The van der Waals surface area contributed by atoms with Crippen LogP contribution >= 0.6 is 0 Å². The van der Waals surface area contributed by atoms with Crippen molar-refractivity contribution in [3.63, 3.8) is 0 Å². The monoisotopic (exact) mass is 323 g/mol. The Balaban J connectivity index is 1.38. The standard InChI is InChI=1S/C19H33NO3/c1-13-8-20(9-14(2)23-13)10-17(21)12-22-11-15-5-6-16-7-18(15)19(16,3)4/h5,13-14,16-18,21H,6-12H2,1-4H3. The van der Waals surface area contributed by atoms with E-state index in [1.165, 1.54) is 18.4 Å². The van der Waals surface area contributed by atoms with Crippen molar-refractivity contribution in [2.24, 2.45) is 17.3 Å². The maximum atomic E-state index is 10.3. The Morgan fingerprint density at radius 1 is 1.35 bits per heavy atom. The predicted octanol–water partition coefficient (Wildman–Crippen LogP) is 2.47. The van der Waals surface area contributed by atoms with Crippen molar-refractivity contribution in [2.45, 2.75) is 58.8 Å². The summed E-state index contributed by atoms with van der Waals surface area (Å²) in [7, 11) is 0. The molecule has 1 saturated carbocycles. The second-order valence-corrected chi connectivity index (χ2v) is 8.47. The molecule has 4 heteroatoms. The molecule has 1 heterocycles. The Bertz CT molecular complexity index is 438. The molecule has 4 aliphatic rings. The first-order valence-corrected chi connectivity index (χ1v) is 9.18. The van der Waals surface area contributed by atoms with E-state index in [1.807, 2.05) is 0 Å². The summed E-state index contributed by atoms with van der Waals surface area (Å²) in [6, 6.07) is 0. The normalized spacial score (nSPS) is 37.9. The second-order valence-electron chi connectivity index (χ2n) is 8.47. The van der Waals surface area contributed by atoms with Crippen LogP contribution in [0.2, 0.25) is 0 Å². The van der Waals surface area contributed by atoms with Gasteiger partial charge in [-0.1, -0.05) is 19.9 Å². The highest BCUT2D eigenvalue weighted by Crippen LogP contribution is 2.59. The van der Waals surface area contributed by atoms with Gasteiger partial charge in [-0.05, 0) is 49.5 Å². The molecule has 132 valence electrons. The van der Waals surface area contributed by atoms with Crippen LogP contribution in [0.15, 0.2) is 11.6 Å². The van der Waals surface area contributed by atoms with Crippen LogP contribution in [0.1, 0.15) is 40.5 Å². The fourth-order valence-electron chi connectivity index (χ4n) is 4.74. The third-order valence-electron chi connectivity index (χ3n) is 6.13. The van der Waals surface area contributed by atoms with E-state index >= 15 is 0 Å². The van der Waals surface area contributed by atoms with Crippen LogP contribution in [-0.4, -0.2) is 61.2 Å². The third-order valence-corrected chi connectivity index (χ3v) is 6.13. The lowest BCUT2D eigenvalue weighted by atomic mass is 9.49. The molecule has 1 saturated heterocycles. The van der Waals surface area contributed by atoms with Gasteiger partial charge in [-0.2, -0.15) is 0 Å². The summed E-state index contributed by atoms with van der Waals surface area (Å²) in [6.07, 6.45) is 4.98. The van der Waals surface area contributed by atoms with Crippen LogP contribution in [0, 0.1) is 17.3 Å². The fraction of sp³-hybridized carbons (Fsp3) is 0.895. The molecule has 0 spiro atoms. The van der Waals surface area contributed by atoms with Crippen LogP contribution in [0.5, 0.6) is 0 Å². The second kappa shape index (κ2) is 6.83. The van der Waals surface area contributed by atoms with Gasteiger partial charge < -0.3 is 14.6 Å². The van der Waals surface area contributed by atoms with E-state index in [1.54, 1.807) is 0 Å². The van der Waals surface area contributed by atoms with Crippen LogP contribution in [-0.2, 0) is 9.47 Å². The van der Waals surface area contributed by atoms with Gasteiger partial charge in [-0.3, -0.25) is 4.90 Å². The summed E-state index contributed by atoms with van der Waals surface area (Å²) in [4.78, 5) is 2.28. The molecule has 1 aliphatic heterocycles. The highest BCUT2D eigenvalue weighted by molar-refractivity contribution is 5.23. The average Bonchev–Trinajstić information content (AvgIpc) is 2.46. The van der Waals surface area contributed by atoms with Crippen molar-refractivity contribution in [1.29, 1.82) is 0 Å². The van der Waals surface area contributed by atoms with Gasteiger partial charge in [0.15, 0.2) is 0 Å². The maximum Gasteiger partial charge on any atom is 0.0900 e. The zero-order chi connectivity index (χ0) is 16.6. The molecule has 5 unspecified atom stereocenters. The lowest BCUT2D eigenvalue weighted by Crippen LogP contribution is -2.49. The molecule has 0 aromatic heterocycles. The molecular weight excluding hydrogens is 290 g/mol. The van der Waals surface area contributed by atoms with Crippen molar-refractivity contribution in [1.82, 2.24) is 4.90 Å². The molecule has 4 nitrogen and oxygen atoms in total. The molecule has 23 heavy (non-hydrogen) atoms. The van der Waals surface area contributed by atoms with E-state index in [0.717, 1.165) is 19.0 Å². The number of morpholine rings is 1. The van der Waals surface area contributed by atoms with E-state index in [4.69, 9.17) is 9.47 Å². The van der Waals surface area contributed by atoms with Gasteiger partial charge in [0.05, 0.1) is 31.5 Å². The van der Waals surface area contributed by atoms with Gasteiger partial charge in [-0.15, -0.1) is 0 Å². The molecule has 4 rings (SSSR count). The summed E-state index contributed by atoms with van der Waals surface area (Å²) in [5, 5.41) is 10.3. The number of rotatable bonds is 6. The van der Waals surface area contributed by atoms with Crippen LogP contribution < -0.4 is 0 Å². The number of aliphatic hydroxyl groups is 1. The van der Waals surface area contributed by atoms with Crippen molar-refractivity contribution in [2.75, 3.05) is 32.8 Å². The summed E-state index contributed by atoms with van der Waals surface area (Å²) in [6.45, 7) is 12.5. The number of hydrogen-bond acceptors (Lipinski definition) is 4. The molecule has 0 aromatic carbocycles. The summed E-state index contributed by atoms with van der Waals surface area (Å²) in [5.41, 5.74) is 1.91. The first-order chi connectivity index (χ1) is 10.9. The topological polar surface area (TPSA) is 41.9 Å². The summed E-state index contributed by atoms with van der Waals surface area (Å²) >= 11 is 0. The molecular formula is C19H33NO3. The Hall–Kier alpha value is -0.420. The first-order valence-electron chi connectivity index (χ1n) is 9.18. The van der Waals surface area contributed by atoms with E-state index in [9.17, 15) is 5.11 Å². The molecule has 0 amide bonds. The number of aliphatic hydroxyl groups excluding tert-OH is 1. The van der Waals surface area contributed by atoms with Gasteiger partial charge in [0.2, 0.25) is 0 Å². The fourth-order valence-corrected chi connectivity index (χ4v) is 4.74. The zero-order valence-electron chi connectivity index (χ0n) is 15.1. The Morgan fingerprint density at radius 2 is 2.04 bits per heavy atom. The highest BCUT2D eigenvalue weighted by atomic mass is 16.5. The number of nitrogens with zero attached hydrogens (tertiary/aromatic N) is 1. The van der Waals surface area contributed by atoms with Gasteiger partial charge in [-0.25, -0.2) is 0 Å². The molecule has 2 bridgehead atoms. The van der Waals surface area contributed by atoms with Crippen molar-refractivity contribution >= 4 is 0 Å². The highest BCUT2D eigenvalue weighted by Gasteiger charge is 2.50. The first kappa shape index (κ1) is 17.4. The SMILES string of the molecule is CC1CN(CC(O)COCC2=CCC3CC2C3(C)C)CC(C)O1. The van der Waals surface area contributed by atoms with Crippen LogP contribution in [0.4, 0.5) is 0 Å². The Kier molecular flexibility index (Phi) is 5.17. The lowest BCUT2D eigenvalue weighted by molar-refractivity contribution is -0.0823. The van der Waals surface area contributed by atoms with Crippen molar-refractivity contribution in [3.05, 3.63) is 11.6 Å². The molecule has 5 atom stereocenters. The third kappa shape index (κ3) is 3.81. The van der Waals surface area contributed by atoms with Crippen LogP contribution in [0.25, 0.3) is 0 Å². The number of β-amino-alcohol motifs (C(OH)–C–C–N with tert-alkyl or cyclic N) is 1. The smallest absolute Gasteiger partial charge is 0.0900 e. The van der Waals surface area contributed by atoms with Crippen molar-refractivity contribution in [3.8, 4) is 0 Å². The largest absolute Gasteiger partial charge is 0.389 e. The average molecular weight is 323 g/mol. The number of fused-ring (bicyclic) bond motifs is 1. The van der Waals surface area contributed by atoms with E-state index in [0.29, 0.717) is 31.1 Å². The van der Waals surface area contributed by atoms with E-state index < -0.39 is 6.10 Å². The minimum Gasteiger partial charge on any atom is -0.389 e. The molecule has 0 radical (unpaired) electrons. The van der Waals surface area contributed by atoms with Crippen LogP contribution in [0.3, 0.4) is 0 Å². The Labute approximate surface area is 140 Å². The zero-order valence-corrected chi connectivity index (χ0v) is 15.1. The predicted molar refractivity (Wildman–Crippen MR) is 91.4 cm³/mol. The minimum atomic E-state index is -0.418. The van der Waals surface area contributed by atoms with Gasteiger partial charge in [0.25, 0.3) is 0 Å². The quantitative estimate of drug-likeness (QED) is 0.763.